The van der Waals surface area contributed by atoms with Crippen molar-refractivity contribution in [3.63, 3.8) is 0 Å². The number of aryl methyl sites for hydroxylation is 1. The Kier molecular flexibility index (Phi) is 5.03. The molecule has 108 valence electrons. The van der Waals surface area contributed by atoms with Crippen molar-refractivity contribution in [2.24, 2.45) is 0 Å². The van der Waals surface area contributed by atoms with Gasteiger partial charge in [0, 0.05) is 17.3 Å². The van der Waals surface area contributed by atoms with E-state index in [0.717, 1.165) is 19.3 Å². The van der Waals surface area contributed by atoms with Gasteiger partial charge in [0.2, 0.25) is 0 Å². The summed E-state index contributed by atoms with van der Waals surface area (Å²) in [5, 5.41) is 8.44. The van der Waals surface area contributed by atoms with Crippen LogP contribution in [-0.4, -0.2) is 16.8 Å². The minimum absolute atomic E-state index is 0.458. The third-order valence-corrected chi connectivity index (χ3v) is 4.57. The van der Waals surface area contributed by atoms with Gasteiger partial charge in [-0.05, 0) is 39.2 Å². The predicted octanol–water partition coefficient (Wildman–Crippen LogP) is 3.79. The van der Waals surface area contributed by atoms with E-state index in [-0.39, 0.29) is 0 Å². The van der Waals surface area contributed by atoms with Gasteiger partial charge < -0.3 is 5.32 Å². The molecular formula is C16H29N3. The summed E-state index contributed by atoms with van der Waals surface area (Å²) in [6.07, 6.45) is 8.63. The minimum Gasteiger partial charge on any atom is -0.313 e. The molecule has 19 heavy (non-hydrogen) atoms. The Morgan fingerprint density at radius 1 is 1.21 bits per heavy atom. The van der Waals surface area contributed by atoms with Crippen LogP contribution < -0.4 is 5.32 Å². The van der Waals surface area contributed by atoms with Gasteiger partial charge in [0.25, 0.3) is 0 Å². The molecule has 1 aromatic heterocycles. The topological polar surface area (TPSA) is 29.9 Å². The van der Waals surface area contributed by atoms with Crippen LogP contribution in [0.3, 0.4) is 0 Å². The molecule has 3 heteroatoms. The quantitative estimate of drug-likeness (QED) is 0.846. The first-order valence-electron chi connectivity index (χ1n) is 8.04. The first-order chi connectivity index (χ1) is 9.26. The molecule has 1 heterocycles. The Balaban J connectivity index is 2.44. The zero-order valence-corrected chi connectivity index (χ0v) is 13.0. The maximum absolute atomic E-state index is 4.97. The Hall–Kier alpha value is -0.830. The standard InChI is InChI=1S/C16H29N3/c1-5-13(17-4)16-14(6-2)18-19(15(16)7-3)12-10-8-9-11-12/h12-13,17H,5-11H2,1-4H3. The molecule has 0 radical (unpaired) electrons. The summed E-state index contributed by atoms with van der Waals surface area (Å²) in [7, 11) is 2.07. The van der Waals surface area contributed by atoms with Crippen molar-refractivity contribution in [1.82, 2.24) is 15.1 Å². The van der Waals surface area contributed by atoms with Crippen LogP contribution >= 0.6 is 0 Å². The lowest BCUT2D eigenvalue weighted by atomic mass is 9.99. The lowest BCUT2D eigenvalue weighted by Crippen LogP contribution is -2.18. The highest BCUT2D eigenvalue weighted by atomic mass is 15.3. The zero-order valence-electron chi connectivity index (χ0n) is 13.0. The molecular weight excluding hydrogens is 234 g/mol. The zero-order chi connectivity index (χ0) is 13.8. The SMILES string of the molecule is CCc1nn(C2CCCC2)c(CC)c1C(CC)NC. The second kappa shape index (κ2) is 6.56. The smallest absolute Gasteiger partial charge is 0.0672 e. The van der Waals surface area contributed by atoms with Crippen LogP contribution in [0.25, 0.3) is 0 Å². The van der Waals surface area contributed by atoms with Crippen LogP contribution in [0.1, 0.15) is 81.9 Å². The Morgan fingerprint density at radius 3 is 2.37 bits per heavy atom. The van der Waals surface area contributed by atoms with Crippen LogP contribution in [0.15, 0.2) is 0 Å². The first kappa shape index (κ1) is 14.6. The van der Waals surface area contributed by atoms with Crippen molar-refractivity contribution in [3.8, 4) is 0 Å². The minimum atomic E-state index is 0.458. The summed E-state index contributed by atoms with van der Waals surface area (Å²) in [5.74, 6) is 0. The largest absolute Gasteiger partial charge is 0.313 e. The van der Waals surface area contributed by atoms with E-state index in [1.807, 2.05) is 0 Å². The fourth-order valence-electron chi connectivity index (χ4n) is 3.55. The molecule has 0 spiro atoms. The lowest BCUT2D eigenvalue weighted by Gasteiger charge is -2.18. The molecule has 3 nitrogen and oxygen atoms in total. The first-order valence-corrected chi connectivity index (χ1v) is 8.04. The predicted molar refractivity (Wildman–Crippen MR) is 80.6 cm³/mol. The molecule has 1 atom stereocenters. The van der Waals surface area contributed by atoms with Crippen molar-refractivity contribution in [2.45, 2.75) is 77.8 Å². The third kappa shape index (κ3) is 2.71. The molecule has 1 N–H and O–H groups in total. The average Bonchev–Trinajstić information content (AvgIpc) is 3.06. The van der Waals surface area contributed by atoms with Gasteiger partial charge in [-0.25, -0.2) is 0 Å². The van der Waals surface area contributed by atoms with Crippen molar-refractivity contribution in [2.75, 3.05) is 7.05 Å². The number of rotatable bonds is 6. The number of hydrogen-bond donors (Lipinski definition) is 1. The molecule has 0 amide bonds. The summed E-state index contributed by atoms with van der Waals surface area (Å²) in [6.45, 7) is 6.76. The van der Waals surface area contributed by atoms with Crippen molar-refractivity contribution in [1.29, 1.82) is 0 Å². The summed E-state index contributed by atoms with van der Waals surface area (Å²) >= 11 is 0. The summed E-state index contributed by atoms with van der Waals surface area (Å²) < 4.78 is 2.38. The van der Waals surface area contributed by atoms with Gasteiger partial charge in [-0.2, -0.15) is 5.10 Å². The summed E-state index contributed by atoms with van der Waals surface area (Å²) in [5.41, 5.74) is 4.27. The molecule has 1 unspecified atom stereocenters. The monoisotopic (exact) mass is 263 g/mol. The summed E-state index contributed by atoms with van der Waals surface area (Å²) in [6, 6.07) is 1.11. The van der Waals surface area contributed by atoms with E-state index in [1.165, 1.54) is 42.6 Å². The highest BCUT2D eigenvalue weighted by Gasteiger charge is 2.26. The van der Waals surface area contributed by atoms with Crippen LogP contribution in [-0.2, 0) is 12.8 Å². The van der Waals surface area contributed by atoms with Gasteiger partial charge in [-0.3, -0.25) is 4.68 Å². The third-order valence-electron chi connectivity index (χ3n) is 4.57. The van der Waals surface area contributed by atoms with Crippen LogP contribution in [0, 0.1) is 0 Å². The van der Waals surface area contributed by atoms with E-state index < -0.39 is 0 Å². The molecule has 0 aromatic carbocycles. The van der Waals surface area contributed by atoms with Crippen molar-refractivity contribution in [3.05, 3.63) is 17.0 Å². The molecule has 1 saturated carbocycles. The molecule has 0 aliphatic heterocycles. The molecule has 1 aromatic rings. The number of nitrogens with one attached hydrogen (secondary N) is 1. The fraction of sp³-hybridized carbons (Fsp3) is 0.812. The van der Waals surface area contributed by atoms with E-state index in [0.29, 0.717) is 12.1 Å². The highest BCUT2D eigenvalue weighted by molar-refractivity contribution is 5.31. The molecule has 0 bridgehead atoms. The van der Waals surface area contributed by atoms with Crippen LogP contribution in [0.5, 0.6) is 0 Å². The molecule has 0 saturated heterocycles. The number of nitrogens with zero attached hydrogens (tertiary/aromatic N) is 2. The van der Waals surface area contributed by atoms with E-state index >= 15 is 0 Å². The fourth-order valence-corrected chi connectivity index (χ4v) is 3.55. The van der Waals surface area contributed by atoms with Gasteiger partial charge in [0.15, 0.2) is 0 Å². The molecule has 1 fully saturated rings. The van der Waals surface area contributed by atoms with E-state index in [1.54, 1.807) is 0 Å². The summed E-state index contributed by atoms with van der Waals surface area (Å²) in [4.78, 5) is 0. The van der Waals surface area contributed by atoms with Gasteiger partial charge in [0.05, 0.1) is 11.7 Å². The number of aromatic nitrogens is 2. The normalized spacial score (nSPS) is 18.1. The van der Waals surface area contributed by atoms with Gasteiger partial charge in [-0.15, -0.1) is 0 Å². The van der Waals surface area contributed by atoms with Gasteiger partial charge in [-0.1, -0.05) is 33.6 Å². The van der Waals surface area contributed by atoms with E-state index in [2.05, 4.69) is 37.8 Å². The Morgan fingerprint density at radius 2 is 1.89 bits per heavy atom. The lowest BCUT2D eigenvalue weighted by molar-refractivity contribution is 0.446. The maximum Gasteiger partial charge on any atom is 0.0672 e. The van der Waals surface area contributed by atoms with Gasteiger partial charge in [0.1, 0.15) is 0 Å². The van der Waals surface area contributed by atoms with Crippen molar-refractivity contribution < 1.29 is 0 Å². The van der Waals surface area contributed by atoms with Crippen molar-refractivity contribution >= 4 is 0 Å². The Labute approximate surface area is 117 Å². The van der Waals surface area contributed by atoms with Gasteiger partial charge >= 0.3 is 0 Å². The highest BCUT2D eigenvalue weighted by Crippen LogP contribution is 2.34. The second-order valence-corrected chi connectivity index (χ2v) is 5.65. The second-order valence-electron chi connectivity index (χ2n) is 5.65. The molecule has 1 aliphatic carbocycles. The molecule has 1 aliphatic rings. The average molecular weight is 263 g/mol. The van der Waals surface area contributed by atoms with Crippen LogP contribution in [0.4, 0.5) is 0 Å². The number of hydrogen-bond acceptors (Lipinski definition) is 2. The van der Waals surface area contributed by atoms with Crippen LogP contribution in [0.2, 0.25) is 0 Å². The molecule has 2 rings (SSSR count). The van der Waals surface area contributed by atoms with E-state index in [9.17, 15) is 0 Å². The maximum atomic E-state index is 4.97. The van der Waals surface area contributed by atoms with E-state index in [4.69, 9.17) is 5.10 Å². The Bertz CT molecular complexity index is 398.